The van der Waals surface area contributed by atoms with Crippen LogP contribution < -0.4 is 5.32 Å². The molecule has 0 atom stereocenters. The highest BCUT2D eigenvalue weighted by molar-refractivity contribution is 6.05. The Hall–Kier alpha value is -3.57. The molecule has 28 heavy (non-hydrogen) atoms. The Balaban J connectivity index is 1.45. The van der Waals surface area contributed by atoms with Crippen molar-refractivity contribution in [2.24, 2.45) is 0 Å². The highest BCUT2D eigenvalue weighted by atomic mass is 16.3. The number of nitrogens with zero attached hydrogens (tertiary/aromatic N) is 1. The number of para-hydroxylation sites is 2. The van der Waals surface area contributed by atoms with Crippen molar-refractivity contribution in [1.29, 1.82) is 0 Å². The smallest absolute Gasteiger partial charge is 0.181 e. The molecule has 0 unspecified atom stereocenters. The lowest BCUT2D eigenvalue weighted by Gasteiger charge is -2.11. The first-order valence-corrected chi connectivity index (χ1v) is 9.09. The Morgan fingerprint density at radius 1 is 0.929 bits per heavy atom. The lowest BCUT2D eigenvalue weighted by atomic mass is 10.0. The molecule has 3 aromatic carbocycles. The number of aliphatic hydroxyl groups excluding tert-OH is 1. The molecule has 2 heterocycles. The van der Waals surface area contributed by atoms with E-state index in [-0.39, 0.29) is 6.61 Å². The van der Waals surface area contributed by atoms with Gasteiger partial charge in [-0.05, 0) is 29.8 Å². The van der Waals surface area contributed by atoms with Gasteiger partial charge in [0.1, 0.15) is 11.2 Å². The average molecular weight is 370 g/mol. The van der Waals surface area contributed by atoms with Crippen LogP contribution in [0.4, 0.5) is 5.69 Å². The maximum absolute atomic E-state index is 9.74. The Morgan fingerprint density at radius 2 is 1.82 bits per heavy atom. The Labute approximate surface area is 161 Å². The second-order valence-electron chi connectivity index (χ2n) is 6.64. The molecule has 0 aliphatic heterocycles. The minimum atomic E-state index is -0.0787. The lowest BCUT2D eigenvalue weighted by molar-refractivity contribution is 0.282. The molecule has 0 spiro atoms. The molecule has 0 bridgehead atoms. The molecule has 5 nitrogen and oxygen atoms in total. The summed E-state index contributed by atoms with van der Waals surface area (Å²) in [6.45, 7) is 0.536. The maximum atomic E-state index is 9.74. The highest BCUT2D eigenvalue weighted by Gasteiger charge is 2.11. The van der Waals surface area contributed by atoms with Crippen LogP contribution in [0.15, 0.2) is 82.1 Å². The molecule has 0 aliphatic carbocycles. The molecule has 138 valence electrons. The predicted octanol–water partition coefficient (Wildman–Crippen LogP) is 5.35. The van der Waals surface area contributed by atoms with Gasteiger partial charge >= 0.3 is 0 Å². The summed E-state index contributed by atoms with van der Waals surface area (Å²) in [6, 6.07) is 20.1. The van der Waals surface area contributed by atoms with Gasteiger partial charge in [-0.1, -0.05) is 36.4 Å². The summed E-state index contributed by atoms with van der Waals surface area (Å²) in [5.74, 6) is 0.641. The van der Waals surface area contributed by atoms with E-state index in [4.69, 9.17) is 8.83 Å². The van der Waals surface area contributed by atoms with E-state index in [9.17, 15) is 5.11 Å². The van der Waals surface area contributed by atoms with Crippen LogP contribution in [0, 0.1) is 0 Å². The number of hydrogen-bond donors (Lipinski definition) is 2. The van der Waals surface area contributed by atoms with Gasteiger partial charge in [-0.3, -0.25) is 0 Å². The molecule has 0 amide bonds. The van der Waals surface area contributed by atoms with Crippen LogP contribution in [0.1, 0.15) is 11.1 Å². The number of benzene rings is 3. The van der Waals surface area contributed by atoms with Gasteiger partial charge in [0, 0.05) is 34.1 Å². The second-order valence-corrected chi connectivity index (χ2v) is 6.64. The largest absolute Gasteiger partial charge is 0.456 e. The van der Waals surface area contributed by atoms with Crippen molar-refractivity contribution in [3.63, 3.8) is 0 Å². The number of hydrogen-bond acceptors (Lipinski definition) is 5. The van der Waals surface area contributed by atoms with Gasteiger partial charge in [-0.15, -0.1) is 0 Å². The molecular formula is C23H18N2O3. The monoisotopic (exact) mass is 370 g/mol. The molecule has 0 saturated heterocycles. The van der Waals surface area contributed by atoms with Gasteiger partial charge in [-0.25, -0.2) is 4.98 Å². The molecule has 0 fully saturated rings. The quantitative estimate of drug-likeness (QED) is 0.437. The fourth-order valence-corrected chi connectivity index (χ4v) is 3.57. The summed E-state index contributed by atoms with van der Waals surface area (Å²) >= 11 is 0. The summed E-state index contributed by atoms with van der Waals surface area (Å²) in [6.07, 6.45) is 3.03. The molecular weight excluding hydrogens is 352 g/mol. The normalized spacial score (nSPS) is 11.3. The lowest BCUT2D eigenvalue weighted by Crippen LogP contribution is -2.01. The number of anilines is 1. The Bertz CT molecular complexity index is 1260. The van der Waals surface area contributed by atoms with E-state index in [1.807, 2.05) is 42.5 Å². The first kappa shape index (κ1) is 16.6. The van der Waals surface area contributed by atoms with E-state index in [1.165, 1.54) is 6.39 Å². The highest BCUT2D eigenvalue weighted by Crippen LogP contribution is 2.31. The first-order chi connectivity index (χ1) is 13.8. The Morgan fingerprint density at radius 3 is 2.68 bits per heavy atom. The van der Waals surface area contributed by atoms with Crippen LogP contribution in [0.2, 0.25) is 0 Å². The zero-order valence-electron chi connectivity index (χ0n) is 15.1. The van der Waals surface area contributed by atoms with Crippen LogP contribution in [0.5, 0.6) is 0 Å². The third-order valence-corrected chi connectivity index (χ3v) is 4.94. The maximum Gasteiger partial charge on any atom is 0.181 e. The number of aliphatic hydroxyl groups is 1. The van der Waals surface area contributed by atoms with Crippen LogP contribution in [0.25, 0.3) is 33.3 Å². The number of rotatable bonds is 5. The van der Waals surface area contributed by atoms with Crippen molar-refractivity contribution >= 4 is 27.6 Å². The van der Waals surface area contributed by atoms with Gasteiger partial charge in [0.2, 0.25) is 0 Å². The predicted molar refractivity (Wildman–Crippen MR) is 109 cm³/mol. The molecule has 5 heteroatoms. The van der Waals surface area contributed by atoms with Crippen LogP contribution in [-0.4, -0.2) is 10.1 Å². The van der Waals surface area contributed by atoms with Crippen molar-refractivity contribution in [2.75, 3.05) is 5.32 Å². The fourth-order valence-electron chi connectivity index (χ4n) is 3.57. The molecule has 2 aromatic heterocycles. The van der Waals surface area contributed by atoms with Gasteiger partial charge in [0.15, 0.2) is 12.2 Å². The van der Waals surface area contributed by atoms with Gasteiger partial charge in [-0.2, -0.15) is 0 Å². The fraction of sp³-hybridized carbons (Fsp3) is 0.0870. The number of nitrogens with one attached hydrogen (secondary N) is 1. The number of furan rings is 1. The first-order valence-electron chi connectivity index (χ1n) is 9.09. The van der Waals surface area contributed by atoms with E-state index in [0.717, 1.165) is 44.3 Å². The minimum Gasteiger partial charge on any atom is -0.456 e. The van der Waals surface area contributed by atoms with Gasteiger partial charge < -0.3 is 19.3 Å². The summed E-state index contributed by atoms with van der Waals surface area (Å²) in [4.78, 5) is 3.94. The second kappa shape index (κ2) is 6.87. The van der Waals surface area contributed by atoms with E-state index >= 15 is 0 Å². The van der Waals surface area contributed by atoms with E-state index in [2.05, 4.69) is 28.5 Å². The zero-order chi connectivity index (χ0) is 18.9. The number of fused-ring (bicyclic) bond motifs is 3. The van der Waals surface area contributed by atoms with Crippen molar-refractivity contribution in [2.45, 2.75) is 13.2 Å². The van der Waals surface area contributed by atoms with Crippen LogP contribution in [0.3, 0.4) is 0 Å². The van der Waals surface area contributed by atoms with Crippen molar-refractivity contribution in [3.05, 3.63) is 84.4 Å². The standard InChI is InChI=1S/C23H18N2O3/c26-13-16-10-17(8-9-18(16)22-12-24-14-27-22)25-11-15-4-3-6-20-19-5-1-2-7-21(19)28-23(15)20/h1-10,12,14,25-26H,11,13H2. The van der Waals surface area contributed by atoms with E-state index in [1.54, 1.807) is 6.20 Å². The molecule has 0 radical (unpaired) electrons. The van der Waals surface area contributed by atoms with Gasteiger partial charge in [0.25, 0.3) is 0 Å². The average Bonchev–Trinajstić information content (AvgIpc) is 3.40. The zero-order valence-corrected chi connectivity index (χ0v) is 15.1. The molecule has 5 rings (SSSR count). The van der Waals surface area contributed by atoms with Gasteiger partial charge in [0.05, 0.1) is 12.8 Å². The van der Waals surface area contributed by atoms with E-state index in [0.29, 0.717) is 12.3 Å². The van der Waals surface area contributed by atoms with Crippen molar-refractivity contribution in [1.82, 2.24) is 4.98 Å². The topological polar surface area (TPSA) is 71.4 Å². The Kier molecular flexibility index (Phi) is 4.07. The third-order valence-electron chi connectivity index (χ3n) is 4.94. The minimum absolute atomic E-state index is 0.0787. The number of oxazole rings is 1. The molecule has 5 aromatic rings. The summed E-state index contributed by atoms with van der Waals surface area (Å²) < 4.78 is 11.4. The molecule has 0 saturated carbocycles. The van der Waals surface area contributed by atoms with Crippen LogP contribution in [-0.2, 0) is 13.2 Å². The van der Waals surface area contributed by atoms with E-state index < -0.39 is 0 Å². The SMILES string of the molecule is OCc1cc(NCc2cccc3c2oc2ccccc23)ccc1-c1cnco1. The third kappa shape index (κ3) is 2.82. The summed E-state index contributed by atoms with van der Waals surface area (Å²) in [7, 11) is 0. The van der Waals surface area contributed by atoms with Crippen molar-refractivity contribution in [3.8, 4) is 11.3 Å². The summed E-state index contributed by atoms with van der Waals surface area (Å²) in [5, 5.41) is 15.4. The summed E-state index contributed by atoms with van der Waals surface area (Å²) in [5.41, 5.74) is 5.41. The van der Waals surface area contributed by atoms with Crippen molar-refractivity contribution < 1.29 is 13.9 Å². The van der Waals surface area contributed by atoms with Crippen LogP contribution >= 0.6 is 0 Å². The number of aromatic nitrogens is 1. The molecule has 0 aliphatic rings. The molecule has 2 N–H and O–H groups in total.